The lowest BCUT2D eigenvalue weighted by Crippen LogP contribution is -2.48. The fourth-order valence-electron chi connectivity index (χ4n) is 2.92. The molecule has 19 heavy (non-hydrogen) atoms. The molecule has 0 radical (unpaired) electrons. The van der Waals surface area contributed by atoms with Crippen molar-refractivity contribution in [2.75, 3.05) is 32.4 Å². The average molecular weight is 305 g/mol. The SMILES string of the molecule is CCN1CCC(N(C)Cc2cnc(N)s2)C(C)C1.Cl. The van der Waals surface area contributed by atoms with Crippen LogP contribution in [0.15, 0.2) is 6.20 Å². The number of thiazole rings is 1. The van der Waals surface area contributed by atoms with Crippen LogP contribution in [0.4, 0.5) is 5.13 Å². The fraction of sp³-hybridized carbons (Fsp3) is 0.769. The molecular formula is C13H25ClN4S. The van der Waals surface area contributed by atoms with Gasteiger partial charge in [-0.1, -0.05) is 13.8 Å². The molecule has 1 aromatic rings. The van der Waals surface area contributed by atoms with Gasteiger partial charge in [-0.15, -0.1) is 23.7 Å². The first-order chi connectivity index (χ1) is 8.60. The minimum Gasteiger partial charge on any atom is -0.375 e. The summed E-state index contributed by atoms with van der Waals surface area (Å²) < 4.78 is 0. The average Bonchev–Trinajstić information content (AvgIpc) is 2.74. The number of hydrogen-bond donors (Lipinski definition) is 1. The third-order valence-corrected chi connectivity index (χ3v) is 4.75. The van der Waals surface area contributed by atoms with Crippen LogP contribution in [-0.2, 0) is 6.54 Å². The number of nitrogen functional groups attached to an aromatic ring is 1. The highest BCUT2D eigenvalue weighted by Crippen LogP contribution is 2.24. The Hall–Kier alpha value is -0.360. The lowest BCUT2D eigenvalue weighted by molar-refractivity contribution is 0.0793. The Bertz CT molecular complexity index is 384. The van der Waals surface area contributed by atoms with E-state index in [1.54, 1.807) is 11.3 Å². The van der Waals surface area contributed by atoms with E-state index in [-0.39, 0.29) is 12.4 Å². The number of nitrogens with two attached hydrogens (primary N) is 1. The van der Waals surface area contributed by atoms with E-state index in [0.717, 1.165) is 12.5 Å². The summed E-state index contributed by atoms with van der Waals surface area (Å²) in [6, 6.07) is 0.677. The third-order valence-electron chi connectivity index (χ3n) is 3.93. The molecule has 2 rings (SSSR count). The van der Waals surface area contributed by atoms with Gasteiger partial charge in [-0.3, -0.25) is 4.90 Å². The first-order valence-electron chi connectivity index (χ1n) is 6.73. The van der Waals surface area contributed by atoms with E-state index in [4.69, 9.17) is 5.73 Å². The van der Waals surface area contributed by atoms with Crippen molar-refractivity contribution in [1.29, 1.82) is 0 Å². The molecule has 1 aromatic heterocycles. The second-order valence-electron chi connectivity index (χ2n) is 5.31. The minimum absolute atomic E-state index is 0. The quantitative estimate of drug-likeness (QED) is 0.927. The van der Waals surface area contributed by atoms with Gasteiger partial charge in [-0.2, -0.15) is 0 Å². The van der Waals surface area contributed by atoms with E-state index in [1.165, 1.54) is 30.9 Å². The maximum atomic E-state index is 5.68. The number of likely N-dealkylation sites (tertiary alicyclic amines) is 1. The van der Waals surface area contributed by atoms with E-state index in [2.05, 4.69) is 35.7 Å². The summed E-state index contributed by atoms with van der Waals surface area (Å²) in [5.41, 5.74) is 5.68. The number of anilines is 1. The molecule has 1 saturated heterocycles. The summed E-state index contributed by atoms with van der Waals surface area (Å²) in [7, 11) is 2.22. The topological polar surface area (TPSA) is 45.4 Å². The molecule has 1 aliphatic rings. The molecule has 0 spiro atoms. The maximum Gasteiger partial charge on any atom is 0.180 e. The standard InChI is InChI=1S/C13H24N4S.ClH/c1-4-17-6-5-12(10(2)8-17)16(3)9-11-7-15-13(14)18-11;/h7,10,12H,4-6,8-9H2,1-3H3,(H2,14,15);1H. The van der Waals surface area contributed by atoms with Crippen LogP contribution in [0.5, 0.6) is 0 Å². The molecule has 0 bridgehead atoms. The molecule has 1 aliphatic heterocycles. The summed E-state index contributed by atoms with van der Waals surface area (Å²) in [4.78, 5) is 10.4. The highest BCUT2D eigenvalue weighted by atomic mass is 35.5. The van der Waals surface area contributed by atoms with Gasteiger partial charge in [0.25, 0.3) is 0 Å². The normalized spacial score (nSPS) is 24.4. The zero-order valence-electron chi connectivity index (χ0n) is 12.0. The van der Waals surface area contributed by atoms with Crippen LogP contribution in [-0.4, -0.2) is 47.5 Å². The first kappa shape index (κ1) is 16.7. The Kier molecular flexibility index (Phi) is 6.53. The Balaban J connectivity index is 0.00000180. The van der Waals surface area contributed by atoms with Gasteiger partial charge in [0, 0.05) is 30.2 Å². The van der Waals surface area contributed by atoms with Crippen LogP contribution in [0.2, 0.25) is 0 Å². The first-order valence-corrected chi connectivity index (χ1v) is 7.54. The molecule has 0 aliphatic carbocycles. The summed E-state index contributed by atoms with van der Waals surface area (Å²) in [5, 5.41) is 0.673. The molecule has 0 amide bonds. The number of rotatable bonds is 4. The van der Waals surface area contributed by atoms with E-state index >= 15 is 0 Å². The minimum atomic E-state index is 0. The molecule has 2 heterocycles. The smallest absolute Gasteiger partial charge is 0.180 e. The molecule has 2 atom stereocenters. The Labute approximate surface area is 126 Å². The zero-order valence-corrected chi connectivity index (χ0v) is 13.6. The monoisotopic (exact) mass is 304 g/mol. The van der Waals surface area contributed by atoms with Gasteiger partial charge in [0.1, 0.15) is 0 Å². The highest BCUT2D eigenvalue weighted by molar-refractivity contribution is 7.15. The Morgan fingerprint density at radius 3 is 2.84 bits per heavy atom. The summed E-state index contributed by atoms with van der Waals surface area (Å²) in [6.45, 7) is 9.19. The molecule has 4 nitrogen and oxygen atoms in total. The number of aromatic nitrogens is 1. The van der Waals surface area contributed by atoms with Crippen LogP contribution in [0.3, 0.4) is 0 Å². The van der Waals surface area contributed by atoms with E-state index in [0.29, 0.717) is 11.2 Å². The molecule has 1 fully saturated rings. The molecule has 0 aromatic carbocycles. The van der Waals surface area contributed by atoms with Crippen molar-refractivity contribution in [2.45, 2.75) is 32.9 Å². The van der Waals surface area contributed by atoms with Crippen molar-refractivity contribution in [2.24, 2.45) is 5.92 Å². The van der Waals surface area contributed by atoms with Crippen LogP contribution >= 0.6 is 23.7 Å². The molecular weight excluding hydrogens is 280 g/mol. The van der Waals surface area contributed by atoms with E-state index in [9.17, 15) is 0 Å². The van der Waals surface area contributed by atoms with Gasteiger partial charge in [-0.25, -0.2) is 4.98 Å². The lowest BCUT2D eigenvalue weighted by atomic mass is 9.92. The predicted molar refractivity (Wildman–Crippen MR) is 84.9 cm³/mol. The van der Waals surface area contributed by atoms with Crippen molar-refractivity contribution in [3.63, 3.8) is 0 Å². The Morgan fingerprint density at radius 2 is 2.32 bits per heavy atom. The number of halogens is 1. The number of piperidine rings is 1. The van der Waals surface area contributed by atoms with E-state index < -0.39 is 0 Å². The molecule has 0 saturated carbocycles. The third kappa shape index (κ3) is 4.31. The van der Waals surface area contributed by atoms with Crippen molar-refractivity contribution in [3.05, 3.63) is 11.1 Å². The number of hydrogen-bond acceptors (Lipinski definition) is 5. The molecule has 2 N–H and O–H groups in total. The van der Waals surface area contributed by atoms with Crippen LogP contribution in [0.25, 0.3) is 0 Å². The molecule has 110 valence electrons. The zero-order chi connectivity index (χ0) is 13.1. The Morgan fingerprint density at radius 1 is 1.58 bits per heavy atom. The molecule has 6 heteroatoms. The summed E-state index contributed by atoms with van der Waals surface area (Å²) >= 11 is 1.60. The van der Waals surface area contributed by atoms with Gasteiger partial charge in [0.15, 0.2) is 5.13 Å². The van der Waals surface area contributed by atoms with Crippen molar-refractivity contribution in [3.8, 4) is 0 Å². The lowest BCUT2D eigenvalue weighted by Gasteiger charge is -2.40. The predicted octanol–water partition coefficient (Wildman–Crippen LogP) is 2.31. The van der Waals surface area contributed by atoms with Gasteiger partial charge in [-0.05, 0) is 32.5 Å². The molecule has 2 unspecified atom stereocenters. The van der Waals surface area contributed by atoms with Gasteiger partial charge in [0.05, 0.1) is 0 Å². The number of nitrogens with zero attached hydrogens (tertiary/aromatic N) is 3. The van der Waals surface area contributed by atoms with Crippen molar-refractivity contribution >= 4 is 28.9 Å². The maximum absolute atomic E-state index is 5.68. The van der Waals surface area contributed by atoms with E-state index in [1.807, 2.05) is 6.20 Å². The summed E-state index contributed by atoms with van der Waals surface area (Å²) in [5.74, 6) is 0.731. The fourth-order valence-corrected chi connectivity index (χ4v) is 3.67. The largest absolute Gasteiger partial charge is 0.375 e. The second kappa shape index (κ2) is 7.43. The van der Waals surface area contributed by atoms with Crippen LogP contribution in [0, 0.1) is 5.92 Å². The van der Waals surface area contributed by atoms with Crippen LogP contribution < -0.4 is 5.73 Å². The second-order valence-corrected chi connectivity index (χ2v) is 6.45. The highest BCUT2D eigenvalue weighted by Gasteiger charge is 2.28. The van der Waals surface area contributed by atoms with Crippen molar-refractivity contribution in [1.82, 2.24) is 14.8 Å². The van der Waals surface area contributed by atoms with Crippen LogP contribution in [0.1, 0.15) is 25.1 Å². The van der Waals surface area contributed by atoms with Gasteiger partial charge >= 0.3 is 0 Å². The summed E-state index contributed by atoms with van der Waals surface area (Å²) in [6.07, 6.45) is 3.17. The van der Waals surface area contributed by atoms with Gasteiger partial charge < -0.3 is 10.6 Å². The van der Waals surface area contributed by atoms with Gasteiger partial charge in [0.2, 0.25) is 0 Å². The van der Waals surface area contributed by atoms with Crippen molar-refractivity contribution < 1.29 is 0 Å².